The summed E-state index contributed by atoms with van der Waals surface area (Å²) in [7, 11) is 0. The van der Waals surface area contributed by atoms with Crippen LogP contribution in [0.2, 0.25) is 0 Å². The van der Waals surface area contributed by atoms with Crippen molar-refractivity contribution < 1.29 is 5.11 Å². The van der Waals surface area contributed by atoms with Gasteiger partial charge in [-0.25, -0.2) is 0 Å². The molecule has 2 nitrogen and oxygen atoms in total. The number of hydrogen-bond acceptors (Lipinski definition) is 2. The molecule has 2 aliphatic rings. The van der Waals surface area contributed by atoms with E-state index in [0.29, 0.717) is 0 Å². The minimum absolute atomic E-state index is 0.00839. The Balaban J connectivity index is 1.63. The van der Waals surface area contributed by atoms with Crippen molar-refractivity contribution in [1.29, 1.82) is 0 Å². The highest BCUT2D eigenvalue weighted by Crippen LogP contribution is 2.25. The number of hydrogen-bond donors (Lipinski definition) is 2. The maximum atomic E-state index is 9.45. The molecule has 2 rings (SSSR count). The van der Waals surface area contributed by atoms with E-state index in [1.165, 1.54) is 44.9 Å². The monoisotopic (exact) mass is 211 g/mol. The number of rotatable bonds is 3. The molecule has 0 aliphatic heterocycles. The molecule has 0 amide bonds. The van der Waals surface area contributed by atoms with Gasteiger partial charge in [0.15, 0.2) is 0 Å². The lowest BCUT2D eigenvalue weighted by Gasteiger charge is -2.19. The summed E-state index contributed by atoms with van der Waals surface area (Å²) in [6.45, 7) is 1.14. The van der Waals surface area contributed by atoms with Crippen LogP contribution in [0.1, 0.15) is 57.8 Å². The van der Waals surface area contributed by atoms with E-state index in [0.717, 1.165) is 31.3 Å². The van der Waals surface area contributed by atoms with Crippen LogP contribution >= 0.6 is 0 Å². The first-order chi connectivity index (χ1) is 7.34. The standard InChI is InChI=1S/C13H25NO/c15-13-8-7-11(9-13)10-14-12-5-3-1-2-4-6-12/h11-15H,1-10H2. The molecule has 2 atom stereocenters. The van der Waals surface area contributed by atoms with Crippen molar-refractivity contribution in [2.45, 2.75) is 69.9 Å². The molecule has 88 valence electrons. The third-order valence-corrected chi connectivity index (χ3v) is 4.06. The van der Waals surface area contributed by atoms with E-state index in [1.807, 2.05) is 0 Å². The lowest BCUT2D eigenvalue weighted by molar-refractivity contribution is 0.177. The van der Waals surface area contributed by atoms with Crippen LogP contribution in [0.25, 0.3) is 0 Å². The zero-order valence-electron chi connectivity index (χ0n) is 9.75. The van der Waals surface area contributed by atoms with E-state index >= 15 is 0 Å². The van der Waals surface area contributed by atoms with Gasteiger partial charge in [-0.1, -0.05) is 25.7 Å². The molecule has 0 spiro atoms. The molecule has 0 heterocycles. The van der Waals surface area contributed by atoms with Gasteiger partial charge >= 0.3 is 0 Å². The van der Waals surface area contributed by atoms with Crippen LogP contribution in [-0.2, 0) is 0 Å². The minimum Gasteiger partial charge on any atom is -0.393 e. The molecule has 2 fully saturated rings. The van der Waals surface area contributed by atoms with E-state index in [-0.39, 0.29) is 6.10 Å². The quantitative estimate of drug-likeness (QED) is 0.703. The maximum Gasteiger partial charge on any atom is 0.0543 e. The Morgan fingerprint density at radius 1 is 0.933 bits per heavy atom. The van der Waals surface area contributed by atoms with Gasteiger partial charge in [0.2, 0.25) is 0 Å². The number of nitrogens with one attached hydrogen (secondary N) is 1. The molecule has 2 heteroatoms. The average Bonchev–Trinajstić information content (AvgIpc) is 2.52. The Labute approximate surface area is 93.5 Å². The van der Waals surface area contributed by atoms with E-state index in [4.69, 9.17) is 0 Å². The van der Waals surface area contributed by atoms with Crippen LogP contribution in [0.15, 0.2) is 0 Å². The van der Waals surface area contributed by atoms with Crippen molar-refractivity contribution in [3.63, 3.8) is 0 Å². The van der Waals surface area contributed by atoms with Gasteiger partial charge in [0.05, 0.1) is 6.10 Å². The van der Waals surface area contributed by atoms with Crippen LogP contribution in [0, 0.1) is 5.92 Å². The van der Waals surface area contributed by atoms with Gasteiger partial charge in [0, 0.05) is 6.04 Å². The normalized spacial score (nSPS) is 34.2. The third-order valence-electron chi connectivity index (χ3n) is 4.06. The van der Waals surface area contributed by atoms with E-state index in [2.05, 4.69) is 5.32 Å². The van der Waals surface area contributed by atoms with Crippen molar-refractivity contribution in [2.75, 3.05) is 6.54 Å². The Hall–Kier alpha value is -0.0800. The lowest BCUT2D eigenvalue weighted by Crippen LogP contribution is -2.32. The van der Waals surface area contributed by atoms with E-state index < -0.39 is 0 Å². The lowest BCUT2D eigenvalue weighted by atomic mass is 10.1. The van der Waals surface area contributed by atoms with Gasteiger partial charge in [-0.05, 0) is 44.6 Å². The van der Waals surface area contributed by atoms with Gasteiger partial charge in [-0.15, -0.1) is 0 Å². The predicted molar refractivity (Wildman–Crippen MR) is 62.8 cm³/mol. The topological polar surface area (TPSA) is 32.3 Å². The highest BCUT2D eigenvalue weighted by molar-refractivity contribution is 4.78. The first-order valence-corrected chi connectivity index (χ1v) is 6.76. The molecule has 2 unspecified atom stereocenters. The highest BCUT2D eigenvalue weighted by atomic mass is 16.3. The summed E-state index contributed by atoms with van der Waals surface area (Å²) in [6.07, 6.45) is 11.7. The SMILES string of the molecule is OC1CCC(CNC2CCCCCC2)C1. The van der Waals surface area contributed by atoms with Crippen molar-refractivity contribution in [3.05, 3.63) is 0 Å². The van der Waals surface area contributed by atoms with Crippen molar-refractivity contribution >= 4 is 0 Å². The number of aliphatic hydroxyl groups excluding tert-OH is 1. The summed E-state index contributed by atoms with van der Waals surface area (Å²) < 4.78 is 0. The first-order valence-electron chi connectivity index (χ1n) is 6.76. The van der Waals surface area contributed by atoms with E-state index in [9.17, 15) is 5.11 Å². The van der Waals surface area contributed by atoms with E-state index in [1.54, 1.807) is 0 Å². The molecule has 2 N–H and O–H groups in total. The largest absolute Gasteiger partial charge is 0.393 e. The van der Waals surface area contributed by atoms with Crippen molar-refractivity contribution in [2.24, 2.45) is 5.92 Å². The van der Waals surface area contributed by atoms with Crippen molar-refractivity contribution in [1.82, 2.24) is 5.32 Å². The van der Waals surface area contributed by atoms with Gasteiger partial charge in [0.1, 0.15) is 0 Å². The molecular formula is C13H25NO. The molecule has 0 aromatic rings. The molecule has 0 aromatic heterocycles. The zero-order valence-corrected chi connectivity index (χ0v) is 9.75. The molecule has 0 bridgehead atoms. The number of aliphatic hydroxyl groups is 1. The Bertz CT molecular complexity index is 175. The smallest absolute Gasteiger partial charge is 0.0543 e. The summed E-state index contributed by atoms with van der Waals surface area (Å²) in [5, 5.41) is 13.2. The fourth-order valence-corrected chi connectivity index (χ4v) is 3.05. The summed E-state index contributed by atoms with van der Waals surface area (Å²) in [5.41, 5.74) is 0. The predicted octanol–water partition coefficient (Wildman–Crippen LogP) is 2.46. The van der Waals surface area contributed by atoms with Crippen LogP contribution in [0.3, 0.4) is 0 Å². The fraction of sp³-hybridized carbons (Fsp3) is 1.00. The highest BCUT2D eigenvalue weighted by Gasteiger charge is 2.23. The van der Waals surface area contributed by atoms with Gasteiger partial charge in [-0.2, -0.15) is 0 Å². The van der Waals surface area contributed by atoms with Crippen LogP contribution < -0.4 is 5.32 Å². The summed E-state index contributed by atoms with van der Waals surface area (Å²) in [4.78, 5) is 0. The fourth-order valence-electron chi connectivity index (χ4n) is 3.05. The van der Waals surface area contributed by atoms with Crippen LogP contribution in [0.4, 0.5) is 0 Å². The van der Waals surface area contributed by atoms with Crippen LogP contribution in [0.5, 0.6) is 0 Å². The minimum atomic E-state index is -0.00839. The zero-order chi connectivity index (χ0) is 10.5. The van der Waals surface area contributed by atoms with Crippen LogP contribution in [-0.4, -0.2) is 23.8 Å². The van der Waals surface area contributed by atoms with Gasteiger partial charge < -0.3 is 10.4 Å². The molecule has 0 aromatic carbocycles. The second-order valence-electron chi connectivity index (χ2n) is 5.43. The second-order valence-corrected chi connectivity index (χ2v) is 5.43. The summed E-state index contributed by atoms with van der Waals surface area (Å²) in [5.74, 6) is 0.739. The maximum absolute atomic E-state index is 9.45. The Morgan fingerprint density at radius 2 is 1.67 bits per heavy atom. The average molecular weight is 211 g/mol. The molecule has 2 aliphatic carbocycles. The molecule has 15 heavy (non-hydrogen) atoms. The van der Waals surface area contributed by atoms with Crippen molar-refractivity contribution in [3.8, 4) is 0 Å². The molecular weight excluding hydrogens is 186 g/mol. The summed E-state index contributed by atoms with van der Waals surface area (Å²) in [6, 6.07) is 0.769. The molecule has 2 saturated carbocycles. The van der Waals surface area contributed by atoms with Gasteiger partial charge in [0.25, 0.3) is 0 Å². The summed E-state index contributed by atoms with van der Waals surface area (Å²) >= 11 is 0. The molecule has 0 saturated heterocycles. The second kappa shape index (κ2) is 5.86. The first kappa shape index (κ1) is 11.4. The third kappa shape index (κ3) is 3.76. The Morgan fingerprint density at radius 3 is 2.27 bits per heavy atom. The molecule has 0 radical (unpaired) electrons. The Kier molecular flexibility index (Phi) is 4.45. The van der Waals surface area contributed by atoms with Gasteiger partial charge in [-0.3, -0.25) is 0 Å².